The van der Waals surface area contributed by atoms with E-state index in [1.54, 1.807) is 12.1 Å². The number of aryl methyl sites for hydroxylation is 1. The maximum Gasteiger partial charge on any atom is 0.119 e. The summed E-state index contributed by atoms with van der Waals surface area (Å²) in [6.07, 6.45) is 4.41. The zero-order valence-corrected chi connectivity index (χ0v) is 7.95. The number of benzene rings is 1. The molecular weight excluding hydrogens is 168 g/mol. The van der Waals surface area contributed by atoms with Gasteiger partial charge in [0.25, 0.3) is 0 Å². The van der Waals surface area contributed by atoms with Crippen molar-refractivity contribution in [1.82, 2.24) is 0 Å². The molecule has 0 fully saturated rings. The third kappa shape index (κ3) is 3.36. The van der Waals surface area contributed by atoms with E-state index in [1.165, 1.54) is 18.9 Å². The minimum atomic E-state index is 0.145. The van der Waals surface area contributed by atoms with Gasteiger partial charge in [0.2, 0.25) is 0 Å². The van der Waals surface area contributed by atoms with E-state index in [0.717, 1.165) is 18.4 Å². The molecule has 0 amide bonds. The van der Waals surface area contributed by atoms with Gasteiger partial charge in [0.15, 0.2) is 0 Å². The third-order valence-corrected chi connectivity index (χ3v) is 2.03. The van der Waals surface area contributed by atoms with Crippen molar-refractivity contribution in [3.05, 3.63) is 23.8 Å². The first-order valence-corrected chi connectivity index (χ1v) is 4.74. The normalized spacial score (nSPS) is 10.2. The first kappa shape index (κ1) is 9.90. The summed E-state index contributed by atoms with van der Waals surface area (Å²) >= 11 is 0. The Hall–Kier alpha value is -1.18. The molecule has 0 bridgehead atoms. The molecule has 0 aromatic heterocycles. The highest BCUT2D eigenvalue weighted by Crippen LogP contribution is 2.21. The summed E-state index contributed by atoms with van der Waals surface area (Å²) in [5.41, 5.74) is 1.01. The lowest BCUT2D eigenvalue weighted by molar-refractivity contribution is 0.449. The van der Waals surface area contributed by atoms with Crippen molar-refractivity contribution in [1.29, 1.82) is 0 Å². The fraction of sp³-hybridized carbons (Fsp3) is 0.455. The number of unbranched alkanes of at least 4 members (excludes halogenated alkanes) is 2. The van der Waals surface area contributed by atoms with Crippen LogP contribution in [-0.4, -0.2) is 10.2 Å². The molecule has 0 aliphatic heterocycles. The molecule has 0 radical (unpaired) electrons. The van der Waals surface area contributed by atoms with Gasteiger partial charge in [-0.25, -0.2) is 0 Å². The van der Waals surface area contributed by atoms with Gasteiger partial charge in [0.05, 0.1) is 0 Å². The zero-order valence-electron chi connectivity index (χ0n) is 7.95. The number of rotatable bonds is 4. The van der Waals surface area contributed by atoms with E-state index in [2.05, 4.69) is 6.92 Å². The number of aromatic hydroxyl groups is 2. The molecule has 0 unspecified atom stereocenters. The molecule has 2 nitrogen and oxygen atoms in total. The van der Waals surface area contributed by atoms with Gasteiger partial charge in [0.1, 0.15) is 11.5 Å². The van der Waals surface area contributed by atoms with Crippen molar-refractivity contribution in [2.45, 2.75) is 32.6 Å². The molecule has 0 saturated heterocycles. The van der Waals surface area contributed by atoms with Crippen molar-refractivity contribution >= 4 is 0 Å². The largest absolute Gasteiger partial charge is 0.508 e. The minimum absolute atomic E-state index is 0.145. The molecule has 0 aliphatic rings. The monoisotopic (exact) mass is 184 g/mol. The molecule has 0 atom stereocenters. The number of hydrogen-bond acceptors (Lipinski definition) is 2. The number of phenolic OH excluding ortho intramolecular Hbond substituents is 2. The number of phenols is 2. The van der Waals surface area contributed by atoms with Crippen LogP contribution in [0.25, 0.3) is 0 Å². The molecule has 72 valence electrons. The average Bonchev–Trinajstić information content (AvgIpc) is 2.03. The predicted molar refractivity (Wildman–Crippen MR) is 53.0 cm³/mol. The second kappa shape index (κ2) is 4.75. The standard InChI is InChI=1S/C11H16O2/c1-2-3-4-5-9-6-10(12)8-11(13)7-9/h6-8,12-13H,2-5H2,1H3/i1+1,2+1,3+1,4+1. The maximum atomic E-state index is 9.19. The fourth-order valence-corrected chi connectivity index (χ4v) is 1.38. The van der Waals surface area contributed by atoms with Crippen molar-refractivity contribution < 1.29 is 10.2 Å². The topological polar surface area (TPSA) is 40.5 Å². The summed E-state index contributed by atoms with van der Waals surface area (Å²) in [5, 5.41) is 18.4. The molecule has 2 heteroatoms. The van der Waals surface area contributed by atoms with Crippen LogP contribution >= 0.6 is 0 Å². The highest BCUT2D eigenvalue weighted by Gasteiger charge is 1.98. The van der Waals surface area contributed by atoms with Crippen molar-refractivity contribution in [2.24, 2.45) is 0 Å². The van der Waals surface area contributed by atoms with Crippen LogP contribution in [0, 0.1) is 0 Å². The van der Waals surface area contributed by atoms with E-state index in [-0.39, 0.29) is 11.5 Å². The van der Waals surface area contributed by atoms with E-state index in [9.17, 15) is 10.2 Å². The summed E-state index contributed by atoms with van der Waals surface area (Å²) in [6, 6.07) is 4.76. The second-order valence-electron chi connectivity index (χ2n) is 3.31. The minimum Gasteiger partial charge on any atom is -0.508 e. The molecule has 13 heavy (non-hydrogen) atoms. The molecule has 0 saturated carbocycles. The summed E-state index contributed by atoms with van der Waals surface area (Å²) < 4.78 is 0. The Morgan fingerprint density at radius 2 is 1.62 bits per heavy atom. The van der Waals surface area contributed by atoms with Gasteiger partial charge >= 0.3 is 0 Å². The summed E-state index contributed by atoms with van der Waals surface area (Å²) in [7, 11) is 0. The van der Waals surface area contributed by atoms with E-state index in [0.29, 0.717) is 0 Å². The van der Waals surface area contributed by atoms with Gasteiger partial charge in [-0.05, 0) is 30.5 Å². The molecule has 0 heterocycles. The Morgan fingerprint density at radius 1 is 1.00 bits per heavy atom. The first-order valence-electron chi connectivity index (χ1n) is 4.74. The van der Waals surface area contributed by atoms with Crippen molar-refractivity contribution in [3.8, 4) is 11.5 Å². The molecule has 1 aromatic rings. The fourth-order valence-electron chi connectivity index (χ4n) is 1.38. The average molecular weight is 184 g/mol. The van der Waals surface area contributed by atoms with Crippen LogP contribution in [0.5, 0.6) is 11.5 Å². The first-order chi connectivity index (χ1) is 6.22. The predicted octanol–water partition coefficient (Wildman–Crippen LogP) is 2.83. The Balaban J connectivity index is 2.56. The third-order valence-electron chi connectivity index (χ3n) is 2.03. The van der Waals surface area contributed by atoms with Crippen LogP contribution in [-0.2, 0) is 6.42 Å². The Bertz CT molecular complexity index is 249. The molecule has 1 rings (SSSR count). The van der Waals surface area contributed by atoms with E-state index >= 15 is 0 Å². The lowest BCUT2D eigenvalue weighted by atomic mass is 10.2. The molecule has 2 N–H and O–H groups in total. The smallest absolute Gasteiger partial charge is 0.119 e. The van der Waals surface area contributed by atoms with Gasteiger partial charge in [0, 0.05) is 6.07 Å². The molecule has 1 aromatic carbocycles. The Labute approximate surface area is 78.8 Å². The van der Waals surface area contributed by atoms with Crippen LogP contribution < -0.4 is 0 Å². The molecule has 0 spiro atoms. The van der Waals surface area contributed by atoms with E-state index in [1.807, 2.05) is 0 Å². The van der Waals surface area contributed by atoms with E-state index in [4.69, 9.17) is 0 Å². The second-order valence-corrected chi connectivity index (χ2v) is 3.31. The lowest BCUT2D eigenvalue weighted by Crippen LogP contribution is -1.84. The van der Waals surface area contributed by atoms with Gasteiger partial charge in [-0.2, -0.15) is 0 Å². The maximum absolute atomic E-state index is 9.19. The lowest BCUT2D eigenvalue weighted by Gasteiger charge is -2.02. The van der Waals surface area contributed by atoms with Crippen LogP contribution in [0.4, 0.5) is 0 Å². The summed E-state index contributed by atoms with van der Waals surface area (Å²) in [5.74, 6) is 0.290. The Morgan fingerprint density at radius 3 is 2.15 bits per heavy atom. The Kier molecular flexibility index (Phi) is 3.62. The zero-order chi connectivity index (χ0) is 9.68. The number of hydrogen-bond donors (Lipinski definition) is 2. The van der Waals surface area contributed by atoms with Gasteiger partial charge in [-0.15, -0.1) is 0 Å². The van der Waals surface area contributed by atoms with E-state index < -0.39 is 0 Å². The molecule has 0 aliphatic carbocycles. The van der Waals surface area contributed by atoms with Crippen LogP contribution in [0.2, 0.25) is 0 Å². The van der Waals surface area contributed by atoms with Gasteiger partial charge in [-0.1, -0.05) is 19.8 Å². The van der Waals surface area contributed by atoms with Crippen LogP contribution in [0.1, 0.15) is 31.7 Å². The highest BCUT2D eigenvalue weighted by atomic mass is 16.3. The SMILES string of the molecule is [13CH3][13CH2][13CH2][13CH2]Cc1cc(O)cc(O)c1. The highest BCUT2D eigenvalue weighted by molar-refractivity contribution is 5.36. The molecular formula is C11H16O2. The van der Waals surface area contributed by atoms with Crippen molar-refractivity contribution in [3.63, 3.8) is 0 Å². The van der Waals surface area contributed by atoms with Gasteiger partial charge < -0.3 is 10.2 Å². The quantitative estimate of drug-likeness (QED) is 0.558. The van der Waals surface area contributed by atoms with Crippen molar-refractivity contribution in [2.75, 3.05) is 0 Å². The van der Waals surface area contributed by atoms with Gasteiger partial charge in [-0.3, -0.25) is 0 Å². The van der Waals surface area contributed by atoms with Crippen LogP contribution in [0.3, 0.4) is 0 Å². The summed E-state index contributed by atoms with van der Waals surface area (Å²) in [4.78, 5) is 0. The van der Waals surface area contributed by atoms with Crippen LogP contribution in [0.15, 0.2) is 18.2 Å². The summed E-state index contributed by atoms with van der Waals surface area (Å²) in [6.45, 7) is 2.15.